The number of urea groups is 1. The van der Waals surface area contributed by atoms with Crippen LogP contribution in [0, 0.1) is 0 Å². The zero-order valence-electron chi connectivity index (χ0n) is 15.9. The third-order valence-corrected chi connectivity index (χ3v) is 4.69. The largest absolute Gasteiger partial charge is 0.490 e. The van der Waals surface area contributed by atoms with Crippen LogP contribution in [0.1, 0.15) is 5.56 Å². The van der Waals surface area contributed by atoms with Crippen molar-refractivity contribution in [2.75, 3.05) is 51.7 Å². The first-order valence-electron chi connectivity index (χ1n) is 9.42. The number of piperazine rings is 1. The van der Waals surface area contributed by atoms with Crippen molar-refractivity contribution in [2.45, 2.75) is 6.54 Å². The number of carbonyl (C=O) groups is 1. The van der Waals surface area contributed by atoms with Crippen LogP contribution >= 0.6 is 0 Å². The van der Waals surface area contributed by atoms with Crippen LogP contribution in [-0.2, 0) is 6.54 Å². The summed E-state index contributed by atoms with van der Waals surface area (Å²) in [7, 11) is 2.15. The Labute approximate surface area is 161 Å². The number of benzene rings is 2. The van der Waals surface area contributed by atoms with E-state index in [0.29, 0.717) is 24.6 Å². The highest BCUT2D eigenvalue weighted by Crippen LogP contribution is 2.23. The van der Waals surface area contributed by atoms with E-state index in [1.807, 2.05) is 54.6 Å². The molecule has 2 N–H and O–H groups in total. The summed E-state index contributed by atoms with van der Waals surface area (Å²) in [6.45, 7) is 6.32. The Morgan fingerprint density at radius 1 is 1.00 bits per heavy atom. The lowest BCUT2D eigenvalue weighted by atomic mass is 10.2. The number of nitrogens with one attached hydrogen (secondary N) is 2. The van der Waals surface area contributed by atoms with E-state index in [-0.39, 0.29) is 6.03 Å². The molecule has 1 aliphatic heterocycles. The van der Waals surface area contributed by atoms with Crippen LogP contribution < -0.4 is 15.4 Å². The van der Waals surface area contributed by atoms with Gasteiger partial charge in [-0.3, -0.25) is 4.90 Å². The Bertz CT molecular complexity index is 715. The molecule has 2 amide bonds. The van der Waals surface area contributed by atoms with Crippen LogP contribution in [0.25, 0.3) is 0 Å². The molecule has 0 bridgehead atoms. The first kappa shape index (κ1) is 19.2. The highest BCUT2D eigenvalue weighted by atomic mass is 16.5. The van der Waals surface area contributed by atoms with E-state index in [1.54, 1.807) is 0 Å². The van der Waals surface area contributed by atoms with Crippen LogP contribution in [0.5, 0.6) is 5.75 Å². The summed E-state index contributed by atoms with van der Waals surface area (Å²) in [5, 5.41) is 5.75. The van der Waals surface area contributed by atoms with Gasteiger partial charge in [-0.25, -0.2) is 4.79 Å². The van der Waals surface area contributed by atoms with Crippen LogP contribution in [-0.4, -0.2) is 62.2 Å². The lowest BCUT2D eigenvalue weighted by Crippen LogP contribution is -2.45. The lowest BCUT2D eigenvalue weighted by Gasteiger charge is -2.32. The predicted octanol–water partition coefficient (Wildman–Crippen LogP) is 2.63. The third-order valence-electron chi connectivity index (χ3n) is 4.69. The fourth-order valence-electron chi connectivity index (χ4n) is 3.00. The van der Waals surface area contributed by atoms with Gasteiger partial charge in [-0.1, -0.05) is 42.5 Å². The first-order valence-corrected chi connectivity index (χ1v) is 9.42. The summed E-state index contributed by atoms with van der Waals surface area (Å²) in [5.41, 5.74) is 1.74. The smallest absolute Gasteiger partial charge is 0.319 e. The summed E-state index contributed by atoms with van der Waals surface area (Å²) in [6.07, 6.45) is 0. The van der Waals surface area contributed by atoms with Crippen LogP contribution in [0.2, 0.25) is 0 Å². The highest BCUT2D eigenvalue weighted by Gasteiger charge is 2.14. The number of anilines is 1. The number of nitrogens with zero attached hydrogens (tertiary/aromatic N) is 2. The molecule has 0 unspecified atom stereocenters. The summed E-state index contributed by atoms with van der Waals surface area (Å²) in [6, 6.07) is 17.1. The van der Waals surface area contributed by atoms with Gasteiger partial charge in [0, 0.05) is 39.3 Å². The minimum atomic E-state index is -0.242. The van der Waals surface area contributed by atoms with Crippen molar-refractivity contribution in [1.82, 2.24) is 15.1 Å². The molecule has 0 aromatic heterocycles. The zero-order valence-corrected chi connectivity index (χ0v) is 15.9. The molecule has 144 valence electrons. The Kier molecular flexibility index (Phi) is 7.07. The Morgan fingerprint density at radius 3 is 2.48 bits per heavy atom. The van der Waals surface area contributed by atoms with Crippen LogP contribution in [0.3, 0.4) is 0 Å². The second kappa shape index (κ2) is 9.94. The van der Waals surface area contributed by atoms with E-state index in [1.165, 1.54) is 0 Å². The van der Waals surface area contributed by atoms with Gasteiger partial charge in [-0.05, 0) is 24.7 Å². The Morgan fingerprint density at radius 2 is 1.70 bits per heavy atom. The molecule has 0 spiro atoms. The molecule has 0 saturated carbocycles. The van der Waals surface area contributed by atoms with E-state index in [4.69, 9.17) is 4.74 Å². The number of ether oxygens (including phenoxy) is 1. The maximum absolute atomic E-state index is 12.2. The quantitative estimate of drug-likeness (QED) is 0.789. The van der Waals surface area contributed by atoms with Gasteiger partial charge in [0.15, 0.2) is 0 Å². The molecule has 2 aromatic rings. The number of para-hydroxylation sites is 2. The predicted molar refractivity (Wildman–Crippen MR) is 108 cm³/mol. The van der Waals surface area contributed by atoms with Gasteiger partial charge < -0.3 is 20.3 Å². The molecule has 27 heavy (non-hydrogen) atoms. The highest BCUT2D eigenvalue weighted by molar-refractivity contribution is 5.90. The Balaban J connectivity index is 1.46. The third kappa shape index (κ3) is 6.27. The minimum Gasteiger partial charge on any atom is -0.490 e. The van der Waals surface area contributed by atoms with E-state index >= 15 is 0 Å². The summed E-state index contributed by atoms with van der Waals surface area (Å²) < 4.78 is 5.93. The van der Waals surface area contributed by atoms with Gasteiger partial charge in [-0.2, -0.15) is 0 Å². The maximum Gasteiger partial charge on any atom is 0.319 e. The van der Waals surface area contributed by atoms with E-state index < -0.39 is 0 Å². The molecular formula is C21H28N4O2. The second-order valence-corrected chi connectivity index (χ2v) is 6.78. The monoisotopic (exact) mass is 368 g/mol. The van der Waals surface area contributed by atoms with Crippen molar-refractivity contribution in [3.05, 3.63) is 60.2 Å². The van der Waals surface area contributed by atoms with Crippen molar-refractivity contribution in [3.8, 4) is 5.75 Å². The molecule has 0 radical (unpaired) electrons. The fraction of sp³-hybridized carbons (Fsp3) is 0.381. The van der Waals surface area contributed by atoms with E-state index in [0.717, 1.165) is 38.3 Å². The standard InChI is InChI=1S/C21H28N4O2/c1-24-11-13-25(14-12-24)15-16-27-20-10-6-5-9-19(20)23-21(26)22-17-18-7-3-2-4-8-18/h2-10H,11-17H2,1H3,(H2,22,23,26). The summed E-state index contributed by atoms with van der Waals surface area (Å²) >= 11 is 0. The maximum atomic E-state index is 12.2. The molecule has 1 fully saturated rings. The van der Waals surface area contributed by atoms with Crippen molar-refractivity contribution in [1.29, 1.82) is 0 Å². The molecule has 3 rings (SSSR count). The molecule has 1 saturated heterocycles. The SMILES string of the molecule is CN1CCN(CCOc2ccccc2NC(=O)NCc2ccccc2)CC1. The molecule has 0 atom stereocenters. The molecule has 0 aliphatic carbocycles. The molecular weight excluding hydrogens is 340 g/mol. The number of hydrogen-bond donors (Lipinski definition) is 2. The number of amides is 2. The number of carbonyl (C=O) groups excluding carboxylic acids is 1. The molecule has 6 heteroatoms. The minimum absolute atomic E-state index is 0.242. The number of rotatable bonds is 7. The van der Waals surface area contributed by atoms with E-state index in [2.05, 4.69) is 27.5 Å². The first-order chi connectivity index (χ1) is 13.2. The lowest BCUT2D eigenvalue weighted by molar-refractivity contribution is 0.134. The van der Waals surface area contributed by atoms with Gasteiger partial charge in [0.1, 0.15) is 12.4 Å². The fourth-order valence-corrected chi connectivity index (χ4v) is 3.00. The van der Waals surface area contributed by atoms with Gasteiger partial charge in [0.2, 0.25) is 0 Å². The average Bonchev–Trinajstić information content (AvgIpc) is 2.70. The van der Waals surface area contributed by atoms with Gasteiger partial charge in [0.25, 0.3) is 0 Å². The number of hydrogen-bond acceptors (Lipinski definition) is 4. The van der Waals surface area contributed by atoms with Crippen molar-refractivity contribution in [2.24, 2.45) is 0 Å². The Hall–Kier alpha value is -2.57. The average molecular weight is 368 g/mol. The normalized spacial score (nSPS) is 15.3. The second-order valence-electron chi connectivity index (χ2n) is 6.78. The van der Waals surface area contributed by atoms with Crippen LogP contribution in [0.4, 0.5) is 10.5 Å². The summed E-state index contributed by atoms with van der Waals surface area (Å²) in [5.74, 6) is 0.696. The van der Waals surface area contributed by atoms with Crippen molar-refractivity contribution in [3.63, 3.8) is 0 Å². The van der Waals surface area contributed by atoms with Gasteiger partial charge in [0.05, 0.1) is 5.69 Å². The van der Waals surface area contributed by atoms with Crippen LogP contribution in [0.15, 0.2) is 54.6 Å². The molecule has 2 aromatic carbocycles. The summed E-state index contributed by atoms with van der Waals surface area (Å²) in [4.78, 5) is 16.9. The number of likely N-dealkylation sites (N-methyl/N-ethyl adjacent to an activating group) is 1. The topological polar surface area (TPSA) is 56.8 Å². The zero-order chi connectivity index (χ0) is 18.9. The van der Waals surface area contributed by atoms with Crippen molar-refractivity contribution >= 4 is 11.7 Å². The molecule has 1 aliphatic rings. The molecule has 1 heterocycles. The van der Waals surface area contributed by atoms with E-state index in [9.17, 15) is 4.79 Å². The van der Waals surface area contributed by atoms with Gasteiger partial charge in [-0.15, -0.1) is 0 Å². The van der Waals surface area contributed by atoms with Gasteiger partial charge >= 0.3 is 6.03 Å². The van der Waals surface area contributed by atoms with Crippen molar-refractivity contribution < 1.29 is 9.53 Å². The molecule has 6 nitrogen and oxygen atoms in total.